The van der Waals surface area contributed by atoms with Gasteiger partial charge in [-0.1, -0.05) is 0 Å². The molecule has 0 bridgehead atoms. The molecule has 1 rings (SSSR count). The maximum absolute atomic E-state index is 9.00. The molecule has 12 heavy (non-hydrogen) atoms. The fraction of sp³-hybridized carbons (Fsp3) is 1.00. The molecule has 1 fully saturated rings. The summed E-state index contributed by atoms with van der Waals surface area (Å²) >= 11 is 0. The van der Waals surface area contributed by atoms with Crippen molar-refractivity contribution in [2.45, 2.75) is 37.8 Å². The summed E-state index contributed by atoms with van der Waals surface area (Å²) < 4.78 is 4.94. The van der Waals surface area contributed by atoms with Gasteiger partial charge in [0.25, 0.3) is 0 Å². The van der Waals surface area contributed by atoms with E-state index in [0.717, 1.165) is 32.4 Å². The van der Waals surface area contributed by atoms with E-state index in [1.165, 1.54) is 6.42 Å². The second-order valence-electron chi connectivity index (χ2n) is 3.48. The van der Waals surface area contributed by atoms with E-state index < -0.39 is 0 Å². The van der Waals surface area contributed by atoms with Crippen LogP contribution in [-0.4, -0.2) is 37.5 Å². The fourth-order valence-corrected chi connectivity index (χ4v) is 1.43. The zero-order chi connectivity index (χ0) is 8.81. The number of nitrogens with one attached hydrogen (secondary N) is 1. The summed E-state index contributed by atoms with van der Waals surface area (Å²) in [4.78, 5) is 0. The summed E-state index contributed by atoms with van der Waals surface area (Å²) in [6.07, 6.45) is 4.12. The molecular formula is C9H19NO2. The molecule has 0 radical (unpaired) electrons. The lowest BCUT2D eigenvalue weighted by Crippen LogP contribution is -2.44. The van der Waals surface area contributed by atoms with Crippen molar-refractivity contribution in [3.8, 4) is 0 Å². The van der Waals surface area contributed by atoms with Crippen LogP contribution in [-0.2, 0) is 4.74 Å². The second kappa shape index (κ2) is 5.51. The number of rotatable bonds is 6. The van der Waals surface area contributed by atoms with Gasteiger partial charge in [-0.3, -0.25) is 0 Å². The predicted molar refractivity (Wildman–Crippen MR) is 48.1 cm³/mol. The molecular weight excluding hydrogens is 154 g/mol. The Labute approximate surface area is 74.1 Å². The molecule has 0 unspecified atom stereocenters. The number of methoxy groups -OCH3 is 1. The first-order valence-corrected chi connectivity index (χ1v) is 4.73. The minimum atomic E-state index is -0.0403. The summed E-state index contributed by atoms with van der Waals surface area (Å²) in [6.45, 7) is 1.91. The van der Waals surface area contributed by atoms with Crippen molar-refractivity contribution in [2.24, 2.45) is 0 Å². The van der Waals surface area contributed by atoms with Crippen LogP contribution in [0.15, 0.2) is 0 Å². The van der Waals surface area contributed by atoms with Crippen LogP contribution < -0.4 is 5.32 Å². The van der Waals surface area contributed by atoms with Gasteiger partial charge in [0, 0.05) is 19.8 Å². The van der Waals surface area contributed by atoms with Gasteiger partial charge in [0.1, 0.15) is 0 Å². The van der Waals surface area contributed by atoms with Gasteiger partial charge in [-0.05, 0) is 32.2 Å². The average Bonchev–Trinajstić information content (AvgIpc) is 2.00. The molecule has 0 heterocycles. The van der Waals surface area contributed by atoms with Crippen LogP contribution in [0, 0.1) is 0 Å². The number of aliphatic hydroxyl groups excluding tert-OH is 1. The van der Waals surface area contributed by atoms with Gasteiger partial charge in [-0.2, -0.15) is 0 Å². The summed E-state index contributed by atoms with van der Waals surface area (Å²) in [6, 6.07) is 0.572. The fourth-order valence-electron chi connectivity index (χ4n) is 1.43. The number of hydrogen-bond acceptors (Lipinski definition) is 3. The molecule has 0 aromatic rings. The molecule has 0 amide bonds. The van der Waals surface area contributed by atoms with Crippen molar-refractivity contribution < 1.29 is 9.84 Å². The number of unbranched alkanes of at least 4 members (excludes halogenated alkanes) is 1. The van der Waals surface area contributed by atoms with Gasteiger partial charge in [0.2, 0.25) is 0 Å². The first-order chi connectivity index (χ1) is 5.83. The van der Waals surface area contributed by atoms with Crippen LogP contribution >= 0.6 is 0 Å². The third-order valence-corrected chi connectivity index (χ3v) is 2.32. The van der Waals surface area contributed by atoms with E-state index in [9.17, 15) is 0 Å². The molecule has 1 aliphatic carbocycles. The van der Waals surface area contributed by atoms with E-state index in [0.29, 0.717) is 6.04 Å². The lowest BCUT2D eigenvalue weighted by atomic mass is 9.89. The number of ether oxygens (including phenoxy) is 1. The monoisotopic (exact) mass is 173 g/mol. The molecule has 0 aliphatic heterocycles. The van der Waals surface area contributed by atoms with Gasteiger partial charge in [-0.25, -0.2) is 0 Å². The molecule has 1 aliphatic rings. The van der Waals surface area contributed by atoms with E-state index in [2.05, 4.69) is 5.32 Å². The quantitative estimate of drug-likeness (QED) is 0.576. The maximum Gasteiger partial charge on any atom is 0.0570 e. The molecule has 0 aromatic carbocycles. The molecule has 0 aromatic heterocycles. The topological polar surface area (TPSA) is 41.5 Å². The Hall–Kier alpha value is -0.120. The highest BCUT2D eigenvalue weighted by Gasteiger charge is 2.25. The smallest absolute Gasteiger partial charge is 0.0570 e. The van der Waals surface area contributed by atoms with Crippen LogP contribution in [0.4, 0.5) is 0 Å². The second-order valence-corrected chi connectivity index (χ2v) is 3.48. The van der Waals surface area contributed by atoms with Crippen LogP contribution in [0.5, 0.6) is 0 Å². The number of aliphatic hydroxyl groups is 1. The van der Waals surface area contributed by atoms with E-state index in [1.807, 2.05) is 0 Å². The highest BCUT2D eigenvalue weighted by Crippen LogP contribution is 2.18. The first kappa shape index (κ1) is 9.96. The molecule has 0 spiro atoms. The van der Waals surface area contributed by atoms with Crippen molar-refractivity contribution in [1.29, 1.82) is 0 Å². The van der Waals surface area contributed by atoms with Crippen molar-refractivity contribution in [1.82, 2.24) is 5.32 Å². The van der Waals surface area contributed by atoms with Gasteiger partial charge in [0.05, 0.1) is 6.10 Å². The minimum absolute atomic E-state index is 0.0403. The van der Waals surface area contributed by atoms with E-state index in [1.54, 1.807) is 7.11 Å². The maximum atomic E-state index is 9.00. The zero-order valence-electron chi connectivity index (χ0n) is 7.75. The van der Waals surface area contributed by atoms with Gasteiger partial charge in [-0.15, -0.1) is 0 Å². The van der Waals surface area contributed by atoms with E-state index in [-0.39, 0.29) is 6.10 Å². The van der Waals surface area contributed by atoms with Crippen molar-refractivity contribution in [3.63, 3.8) is 0 Å². The van der Waals surface area contributed by atoms with E-state index >= 15 is 0 Å². The van der Waals surface area contributed by atoms with Crippen LogP contribution in [0.1, 0.15) is 25.7 Å². The van der Waals surface area contributed by atoms with E-state index in [4.69, 9.17) is 9.84 Å². The van der Waals surface area contributed by atoms with Gasteiger partial charge >= 0.3 is 0 Å². The largest absolute Gasteiger partial charge is 0.393 e. The molecule has 3 heteroatoms. The molecule has 72 valence electrons. The summed E-state index contributed by atoms with van der Waals surface area (Å²) in [5.74, 6) is 0. The van der Waals surface area contributed by atoms with Crippen LogP contribution in [0.2, 0.25) is 0 Å². The van der Waals surface area contributed by atoms with Gasteiger partial charge in [0.15, 0.2) is 0 Å². The van der Waals surface area contributed by atoms with Crippen molar-refractivity contribution >= 4 is 0 Å². The third-order valence-electron chi connectivity index (χ3n) is 2.32. The Balaban J connectivity index is 1.77. The molecule has 0 saturated heterocycles. The molecule has 3 nitrogen and oxygen atoms in total. The lowest BCUT2D eigenvalue weighted by Gasteiger charge is -2.32. The van der Waals surface area contributed by atoms with Crippen LogP contribution in [0.3, 0.4) is 0 Å². The Morgan fingerprint density at radius 3 is 2.75 bits per heavy atom. The highest BCUT2D eigenvalue weighted by molar-refractivity contribution is 4.84. The predicted octanol–water partition coefficient (Wildman–Crippen LogP) is 0.526. The Bertz CT molecular complexity index is 113. The third kappa shape index (κ3) is 3.52. The Kier molecular flexibility index (Phi) is 4.58. The normalized spacial score (nSPS) is 28.5. The van der Waals surface area contributed by atoms with Crippen molar-refractivity contribution in [2.75, 3.05) is 20.3 Å². The number of hydrogen-bond donors (Lipinski definition) is 2. The molecule has 1 saturated carbocycles. The van der Waals surface area contributed by atoms with Gasteiger partial charge < -0.3 is 15.2 Å². The average molecular weight is 173 g/mol. The molecule has 2 N–H and O–H groups in total. The summed E-state index contributed by atoms with van der Waals surface area (Å²) in [7, 11) is 1.73. The zero-order valence-corrected chi connectivity index (χ0v) is 7.75. The Morgan fingerprint density at radius 2 is 2.17 bits per heavy atom. The summed E-state index contributed by atoms with van der Waals surface area (Å²) in [5, 5.41) is 12.4. The minimum Gasteiger partial charge on any atom is -0.393 e. The Morgan fingerprint density at radius 1 is 1.42 bits per heavy atom. The van der Waals surface area contributed by atoms with Crippen LogP contribution in [0.25, 0.3) is 0 Å². The standard InChI is InChI=1S/C9H19NO2/c1-12-5-3-2-4-10-8-6-9(11)7-8/h8-11H,2-7H2,1H3. The lowest BCUT2D eigenvalue weighted by molar-refractivity contribution is 0.0623. The first-order valence-electron chi connectivity index (χ1n) is 4.73. The summed E-state index contributed by atoms with van der Waals surface area (Å²) in [5.41, 5.74) is 0. The highest BCUT2D eigenvalue weighted by atomic mass is 16.5. The SMILES string of the molecule is COCCCCNC1CC(O)C1. The molecule has 0 atom stereocenters. The van der Waals surface area contributed by atoms with Crippen molar-refractivity contribution in [3.05, 3.63) is 0 Å².